The number of likely N-dealkylation sites (N-methyl/N-ethyl adjacent to an activating group) is 1. The molecule has 2 nitrogen and oxygen atoms in total. The quantitative estimate of drug-likeness (QED) is 0.702. The van der Waals surface area contributed by atoms with Crippen LogP contribution >= 0.6 is 11.6 Å². The molecule has 0 aliphatic rings. The minimum absolute atomic E-state index is 0.695. The van der Waals surface area contributed by atoms with E-state index in [1.54, 1.807) is 6.07 Å². The first-order valence-corrected chi connectivity index (χ1v) is 4.30. The molecule has 0 saturated carbocycles. The van der Waals surface area contributed by atoms with E-state index in [-0.39, 0.29) is 0 Å². The van der Waals surface area contributed by atoms with Gasteiger partial charge in [-0.05, 0) is 37.7 Å². The number of anilines is 1. The van der Waals surface area contributed by atoms with Crippen molar-refractivity contribution >= 4 is 17.3 Å². The molecule has 66 valence electrons. The second-order valence-corrected chi connectivity index (χ2v) is 3.13. The molecule has 0 saturated heterocycles. The lowest BCUT2D eigenvalue weighted by molar-refractivity contribution is 0.793. The number of nitrogens with two attached hydrogens (primary N) is 1. The third kappa shape index (κ3) is 2.40. The molecular formula is C9H13ClN2. The molecular weight excluding hydrogens is 172 g/mol. The van der Waals surface area contributed by atoms with Gasteiger partial charge < -0.3 is 11.1 Å². The Hall–Kier alpha value is -0.730. The topological polar surface area (TPSA) is 38.0 Å². The van der Waals surface area contributed by atoms with Gasteiger partial charge in [0.25, 0.3) is 0 Å². The highest BCUT2D eigenvalue weighted by Crippen LogP contribution is 2.17. The normalized spacial score (nSPS) is 10.2. The van der Waals surface area contributed by atoms with Crippen molar-refractivity contribution in [2.45, 2.75) is 6.42 Å². The summed E-state index contributed by atoms with van der Waals surface area (Å²) in [5, 5.41) is 3.76. The van der Waals surface area contributed by atoms with Crippen molar-refractivity contribution in [3.63, 3.8) is 0 Å². The first kappa shape index (κ1) is 9.36. The molecule has 12 heavy (non-hydrogen) atoms. The maximum absolute atomic E-state index is 5.76. The molecule has 3 N–H and O–H groups in total. The molecule has 1 aromatic carbocycles. The summed E-state index contributed by atoms with van der Waals surface area (Å²) in [5.74, 6) is 0. The monoisotopic (exact) mass is 184 g/mol. The van der Waals surface area contributed by atoms with E-state index in [2.05, 4.69) is 5.32 Å². The van der Waals surface area contributed by atoms with Gasteiger partial charge in [0.2, 0.25) is 0 Å². The van der Waals surface area contributed by atoms with Crippen LogP contribution in [0, 0.1) is 0 Å². The highest BCUT2D eigenvalue weighted by atomic mass is 35.5. The summed E-state index contributed by atoms with van der Waals surface area (Å²) in [4.78, 5) is 0. The van der Waals surface area contributed by atoms with Crippen LogP contribution in [0.25, 0.3) is 0 Å². The summed E-state index contributed by atoms with van der Waals surface area (Å²) in [6.45, 7) is 0.936. The van der Waals surface area contributed by atoms with Crippen molar-refractivity contribution in [1.82, 2.24) is 5.32 Å². The minimum atomic E-state index is 0.695. The standard InChI is InChI=1S/C9H13ClN2/c1-12-5-4-7-2-3-8(10)6-9(7)11/h2-3,6,12H,4-5,11H2,1H3. The number of rotatable bonds is 3. The summed E-state index contributed by atoms with van der Waals surface area (Å²) in [6.07, 6.45) is 0.944. The van der Waals surface area contributed by atoms with Gasteiger partial charge in [0.15, 0.2) is 0 Å². The molecule has 0 atom stereocenters. The Labute approximate surface area is 77.7 Å². The van der Waals surface area contributed by atoms with E-state index in [1.165, 1.54) is 0 Å². The zero-order valence-electron chi connectivity index (χ0n) is 7.10. The number of nitrogen functional groups attached to an aromatic ring is 1. The second-order valence-electron chi connectivity index (χ2n) is 2.70. The molecule has 0 radical (unpaired) electrons. The fourth-order valence-corrected chi connectivity index (χ4v) is 1.23. The summed E-state index contributed by atoms with van der Waals surface area (Å²) >= 11 is 5.76. The van der Waals surface area contributed by atoms with Crippen LogP contribution in [0.3, 0.4) is 0 Å². The molecule has 0 aliphatic heterocycles. The van der Waals surface area contributed by atoms with Gasteiger partial charge in [0.1, 0.15) is 0 Å². The van der Waals surface area contributed by atoms with Crippen LogP contribution in [0.2, 0.25) is 5.02 Å². The molecule has 0 unspecified atom stereocenters. The summed E-state index contributed by atoms with van der Waals surface area (Å²) < 4.78 is 0. The van der Waals surface area contributed by atoms with E-state index >= 15 is 0 Å². The van der Waals surface area contributed by atoms with Crippen molar-refractivity contribution < 1.29 is 0 Å². The molecule has 0 heterocycles. The fraction of sp³-hybridized carbons (Fsp3) is 0.333. The van der Waals surface area contributed by atoms with Gasteiger partial charge in [-0.3, -0.25) is 0 Å². The highest BCUT2D eigenvalue weighted by Gasteiger charge is 1.98. The number of halogens is 1. The predicted octanol–water partition coefficient (Wildman–Crippen LogP) is 1.68. The van der Waals surface area contributed by atoms with Crippen LogP contribution in [0.1, 0.15) is 5.56 Å². The van der Waals surface area contributed by atoms with Crippen molar-refractivity contribution in [2.24, 2.45) is 0 Å². The number of nitrogens with one attached hydrogen (secondary N) is 1. The van der Waals surface area contributed by atoms with Gasteiger partial charge in [-0.1, -0.05) is 17.7 Å². The van der Waals surface area contributed by atoms with Crippen molar-refractivity contribution in [1.29, 1.82) is 0 Å². The summed E-state index contributed by atoms with van der Waals surface area (Å²) in [6, 6.07) is 5.62. The van der Waals surface area contributed by atoms with E-state index in [9.17, 15) is 0 Å². The first-order valence-electron chi connectivity index (χ1n) is 3.92. The Morgan fingerprint density at radius 2 is 2.25 bits per heavy atom. The molecule has 0 aliphatic carbocycles. The average molecular weight is 185 g/mol. The number of hydrogen-bond acceptors (Lipinski definition) is 2. The van der Waals surface area contributed by atoms with Crippen LogP contribution < -0.4 is 11.1 Å². The van der Waals surface area contributed by atoms with Gasteiger partial charge >= 0.3 is 0 Å². The second kappa shape index (κ2) is 4.33. The van der Waals surface area contributed by atoms with E-state index in [4.69, 9.17) is 17.3 Å². The largest absolute Gasteiger partial charge is 0.398 e. The van der Waals surface area contributed by atoms with Crippen LogP contribution in [-0.4, -0.2) is 13.6 Å². The van der Waals surface area contributed by atoms with E-state index < -0.39 is 0 Å². The average Bonchev–Trinajstić information content (AvgIpc) is 2.03. The Morgan fingerprint density at radius 1 is 1.50 bits per heavy atom. The van der Waals surface area contributed by atoms with Crippen LogP contribution in [-0.2, 0) is 6.42 Å². The smallest absolute Gasteiger partial charge is 0.0426 e. The third-order valence-corrected chi connectivity index (χ3v) is 1.99. The SMILES string of the molecule is CNCCc1ccc(Cl)cc1N. The molecule has 1 aromatic rings. The van der Waals surface area contributed by atoms with Crippen molar-refractivity contribution in [3.8, 4) is 0 Å². The van der Waals surface area contributed by atoms with E-state index in [0.29, 0.717) is 5.02 Å². The molecule has 0 spiro atoms. The Balaban J connectivity index is 2.72. The fourth-order valence-electron chi connectivity index (χ4n) is 1.05. The molecule has 1 rings (SSSR count). The Morgan fingerprint density at radius 3 is 2.83 bits per heavy atom. The molecule has 0 aromatic heterocycles. The summed E-state index contributed by atoms with van der Waals surface area (Å²) in [7, 11) is 1.92. The van der Waals surface area contributed by atoms with Gasteiger partial charge in [0, 0.05) is 10.7 Å². The van der Waals surface area contributed by atoms with E-state index in [1.807, 2.05) is 19.2 Å². The first-order chi connectivity index (χ1) is 5.74. The van der Waals surface area contributed by atoms with Gasteiger partial charge in [-0.25, -0.2) is 0 Å². The summed E-state index contributed by atoms with van der Waals surface area (Å²) in [5.41, 5.74) is 7.67. The van der Waals surface area contributed by atoms with Crippen LogP contribution in [0.4, 0.5) is 5.69 Å². The van der Waals surface area contributed by atoms with E-state index in [0.717, 1.165) is 24.2 Å². The molecule has 0 amide bonds. The minimum Gasteiger partial charge on any atom is -0.398 e. The lowest BCUT2D eigenvalue weighted by atomic mass is 10.1. The lowest BCUT2D eigenvalue weighted by Crippen LogP contribution is -2.11. The third-order valence-electron chi connectivity index (χ3n) is 1.75. The van der Waals surface area contributed by atoms with Crippen molar-refractivity contribution in [3.05, 3.63) is 28.8 Å². The predicted molar refractivity (Wildman–Crippen MR) is 53.5 cm³/mol. The molecule has 0 bridgehead atoms. The van der Waals surface area contributed by atoms with Gasteiger partial charge in [-0.2, -0.15) is 0 Å². The maximum atomic E-state index is 5.76. The van der Waals surface area contributed by atoms with Crippen LogP contribution in [0.15, 0.2) is 18.2 Å². The van der Waals surface area contributed by atoms with Gasteiger partial charge in [0.05, 0.1) is 0 Å². The van der Waals surface area contributed by atoms with Crippen molar-refractivity contribution in [2.75, 3.05) is 19.3 Å². The molecule has 3 heteroatoms. The van der Waals surface area contributed by atoms with Gasteiger partial charge in [-0.15, -0.1) is 0 Å². The number of benzene rings is 1. The lowest BCUT2D eigenvalue weighted by Gasteiger charge is -2.04. The highest BCUT2D eigenvalue weighted by molar-refractivity contribution is 6.30. The zero-order valence-corrected chi connectivity index (χ0v) is 7.86. The Kier molecular flexibility index (Phi) is 3.38. The Bertz CT molecular complexity index is 261. The van der Waals surface area contributed by atoms with Crippen LogP contribution in [0.5, 0.6) is 0 Å². The maximum Gasteiger partial charge on any atom is 0.0426 e. The zero-order chi connectivity index (χ0) is 8.97. The number of hydrogen-bond donors (Lipinski definition) is 2. The molecule has 0 fully saturated rings.